The van der Waals surface area contributed by atoms with Gasteiger partial charge >= 0.3 is 12.1 Å². The second-order valence-electron chi connectivity index (χ2n) is 5.07. The molecule has 1 unspecified atom stereocenters. The highest BCUT2D eigenvalue weighted by Gasteiger charge is 2.53. The third-order valence-corrected chi connectivity index (χ3v) is 4.76. The van der Waals surface area contributed by atoms with E-state index < -0.39 is 48.9 Å². The number of halogens is 3. The van der Waals surface area contributed by atoms with Crippen molar-refractivity contribution in [3.8, 4) is 0 Å². The van der Waals surface area contributed by atoms with E-state index >= 15 is 0 Å². The number of carbonyl (C=O) groups is 2. The summed E-state index contributed by atoms with van der Waals surface area (Å²) in [6.45, 7) is 0.633. The van der Waals surface area contributed by atoms with E-state index in [1.54, 1.807) is 24.4 Å². The molecule has 1 amide bonds. The smallest absolute Gasteiger partial charge is 0.394 e. The van der Waals surface area contributed by atoms with Crippen molar-refractivity contribution in [2.75, 3.05) is 13.1 Å². The molecule has 1 aromatic heterocycles. The minimum Gasteiger partial charge on any atom is -0.481 e. The van der Waals surface area contributed by atoms with Crippen LogP contribution in [0.15, 0.2) is 17.5 Å². The Bertz CT molecular complexity index is 529. The third kappa shape index (κ3) is 3.20. The van der Waals surface area contributed by atoms with Gasteiger partial charge in [-0.05, 0) is 18.4 Å². The lowest BCUT2D eigenvalue weighted by Crippen LogP contribution is -2.34. The van der Waals surface area contributed by atoms with E-state index in [4.69, 9.17) is 5.11 Å². The zero-order valence-electron chi connectivity index (χ0n) is 11.1. The third-order valence-electron chi connectivity index (χ3n) is 3.71. The number of thiophene rings is 1. The Kier molecular flexibility index (Phi) is 4.27. The highest BCUT2D eigenvalue weighted by Crippen LogP contribution is 2.38. The molecule has 4 nitrogen and oxygen atoms in total. The van der Waals surface area contributed by atoms with Gasteiger partial charge in [0.25, 0.3) is 0 Å². The summed E-state index contributed by atoms with van der Waals surface area (Å²) < 4.78 is 38.6. The van der Waals surface area contributed by atoms with Crippen LogP contribution in [0.5, 0.6) is 0 Å². The van der Waals surface area contributed by atoms with E-state index in [2.05, 4.69) is 0 Å². The van der Waals surface area contributed by atoms with E-state index in [0.717, 1.165) is 9.78 Å². The zero-order chi connectivity index (χ0) is 15.8. The van der Waals surface area contributed by atoms with Crippen molar-refractivity contribution in [3.05, 3.63) is 22.4 Å². The van der Waals surface area contributed by atoms with Gasteiger partial charge in [0, 0.05) is 18.0 Å². The topological polar surface area (TPSA) is 57.6 Å². The summed E-state index contributed by atoms with van der Waals surface area (Å²) >= 11 is 1.35. The number of nitrogens with zero attached hydrogens (tertiary/aromatic N) is 1. The molecular formula is C13H14F3NO3S. The van der Waals surface area contributed by atoms with Crippen LogP contribution in [-0.4, -0.2) is 41.1 Å². The van der Waals surface area contributed by atoms with Gasteiger partial charge in [-0.3, -0.25) is 9.59 Å². The number of hydrogen-bond acceptors (Lipinski definition) is 3. The molecule has 0 aromatic carbocycles. The van der Waals surface area contributed by atoms with Crippen molar-refractivity contribution in [1.29, 1.82) is 0 Å². The summed E-state index contributed by atoms with van der Waals surface area (Å²) in [6, 6.07) is 3.49. The summed E-state index contributed by atoms with van der Waals surface area (Å²) in [7, 11) is 0. The van der Waals surface area contributed by atoms with Crippen LogP contribution >= 0.6 is 11.3 Å². The highest BCUT2D eigenvalue weighted by atomic mass is 32.1. The Hall–Kier alpha value is -1.57. The molecule has 2 rings (SSSR count). The van der Waals surface area contributed by atoms with Gasteiger partial charge in [-0.15, -0.1) is 11.3 Å². The van der Waals surface area contributed by atoms with E-state index in [1.165, 1.54) is 11.3 Å². The molecule has 0 radical (unpaired) electrons. The van der Waals surface area contributed by atoms with Gasteiger partial charge < -0.3 is 10.0 Å². The Morgan fingerprint density at radius 3 is 2.52 bits per heavy atom. The molecule has 8 heteroatoms. The molecule has 1 aliphatic rings. The highest BCUT2D eigenvalue weighted by molar-refractivity contribution is 7.10. The van der Waals surface area contributed by atoms with E-state index in [9.17, 15) is 22.8 Å². The Morgan fingerprint density at radius 1 is 1.43 bits per heavy atom. The van der Waals surface area contributed by atoms with Crippen LogP contribution in [0.2, 0.25) is 0 Å². The minimum atomic E-state index is -4.62. The number of likely N-dealkylation sites (tertiary alicyclic amines) is 1. The predicted octanol–water partition coefficient (Wildman–Crippen LogP) is 2.57. The maximum Gasteiger partial charge on any atom is 0.394 e. The molecule has 3 atom stereocenters. The fourth-order valence-corrected chi connectivity index (χ4v) is 3.28. The average molecular weight is 321 g/mol. The summed E-state index contributed by atoms with van der Waals surface area (Å²) in [6.07, 6.45) is -4.62. The average Bonchev–Trinajstić information content (AvgIpc) is 3.05. The summed E-state index contributed by atoms with van der Waals surface area (Å²) in [5.41, 5.74) is 0. The van der Waals surface area contributed by atoms with Crippen molar-refractivity contribution in [3.63, 3.8) is 0 Å². The number of carboxylic acids is 1. The van der Waals surface area contributed by atoms with Crippen molar-refractivity contribution >= 4 is 23.2 Å². The number of aliphatic carboxylic acids is 1. The van der Waals surface area contributed by atoms with Crippen LogP contribution in [0.25, 0.3) is 0 Å². The van der Waals surface area contributed by atoms with Crippen LogP contribution in [0.4, 0.5) is 13.2 Å². The van der Waals surface area contributed by atoms with Gasteiger partial charge in [-0.25, -0.2) is 0 Å². The molecule has 21 heavy (non-hydrogen) atoms. The number of carboxylic acid groups (broad SMARTS) is 1. The Morgan fingerprint density at radius 2 is 2.10 bits per heavy atom. The molecule has 116 valence electrons. The first-order chi connectivity index (χ1) is 9.71. The van der Waals surface area contributed by atoms with E-state index in [-0.39, 0.29) is 0 Å². The van der Waals surface area contributed by atoms with Crippen molar-refractivity contribution in [2.24, 2.45) is 11.8 Å². The molecule has 0 bridgehead atoms. The first kappa shape index (κ1) is 15.8. The largest absolute Gasteiger partial charge is 0.481 e. The molecule has 1 fully saturated rings. The van der Waals surface area contributed by atoms with E-state index in [0.29, 0.717) is 0 Å². The van der Waals surface area contributed by atoms with Gasteiger partial charge in [0.2, 0.25) is 5.91 Å². The van der Waals surface area contributed by atoms with Crippen LogP contribution in [0.3, 0.4) is 0 Å². The number of alkyl halides is 3. The first-order valence-electron chi connectivity index (χ1n) is 6.33. The maximum atomic E-state index is 12.9. The lowest BCUT2D eigenvalue weighted by molar-refractivity contribution is -0.188. The predicted molar refractivity (Wildman–Crippen MR) is 70.0 cm³/mol. The van der Waals surface area contributed by atoms with Gasteiger partial charge in [-0.2, -0.15) is 13.2 Å². The zero-order valence-corrected chi connectivity index (χ0v) is 11.9. The van der Waals surface area contributed by atoms with Gasteiger partial charge in [-0.1, -0.05) is 6.07 Å². The molecule has 1 saturated heterocycles. The fourth-order valence-electron chi connectivity index (χ4n) is 2.50. The first-order valence-corrected chi connectivity index (χ1v) is 7.21. The standard InChI is InChI=1S/C13H14F3NO3S/c1-7(10-3-2-4-21-10)11(18)17-5-8(12(19)20)9(6-17)13(14,15)16/h2-4,7-9H,5-6H2,1H3,(H,19,20)/t7?,8-,9-/m1/s1. The SMILES string of the molecule is CC(C(=O)N1C[C@@H](C(F)(F)F)[C@H](C(=O)O)C1)c1cccs1. The normalized spacial score (nSPS) is 24.1. The second kappa shape index (κ2) is 5.67. The lowest BCUT2D eigenvalue weighted by atomic mass is 9.96. The summed E-state index contributed by atoms with van der Waals surface area (Å²) in [5.74, 6) is -6.14. The minimum absolute atomic E-state index is 0.395. The van der Waals surface area contributed by atoms with Crippen LogP contribution in [0.1, 0.15) is 17.7 Å². The summed E-state index contributed by atoms with van der Waals surface area (Å²) in [5, 5.41) is 10.7. The molecule has 0 saturated carbocycles. The number of hydrogen-bond donors (Lipinski definition) is 1. The van der Waals surface area contributed by atoms with Gasteiger partial charge in [0.15, 0.2) is 0 Å². The van der Waals surface area contributed by atoms with Crippen molar-refractivity contribution < 1.29 is 27.9 Å². The second-order valence-corrected chi connectivity index (χ2v) is 6.05. The maximum absolute atomic E-state index is 12.9. The van der Waals surface area contributed by atoms with Crippen molar-refractivity contribution in [1.82, 2.24) is 4.90 Å². The Balaban J connectivity index is 2.15. The van der Waals surface area contributed by atoms with Gasteiger partial charge in [0.1, 0.15) is 0 Å². The molecule has 0 aliphatic carbocycles. The summed E-state index contributed by atoms with van der Waals surface area (Å²) in [4.78, 5) is 25.0. The quantitative estimate of drug-likeness (QED) is 0.931. The lowest BCUT2D eigenvalue weighted by Gasteiger charge is -2.21. The molecule has 2 heterocycles. The monoisotopic (exact) mass is 321 g/mol. The Labute approximate surface area is 123 Å². The number of amides is 1. The molecule has 1 aromatic rings. The van der Waals surface area contributed by atoms with Crippen molar-refractivity contribution in [2.45, 2.75) is 19.0 Å². The van der Waals surface area contributed by atoms with Crippen LogP contribution < -0.4 is 0 Å². The van der Waals surface area contributed by atoms with Gasteiger partial charge in [0.05, 0.1) is 17.8 Å². The fraction of sp³-hybridized carbons (Fsp3) is 0.538. The van der Waals surface area contributed by atoms with Crippen LogP contribution in [-0.2, 0) is 9.59 Å². The molecule has 1 aliphatic heterocycles. The number of carbonyl (C=O) groups excluding carboxylic acids is 1. The molecular weight excluding hydrogens is 307 g/mol. The molecule has 1 N–H and O–H groups in total. The van der Waals surface area contributed by atoms with E-state index in [1.807, 2.05) is 0 Å². The number of rotatable bonds is 3. The molecule has 0 spiro atoms. The van der Waals surface area contributed by atoms with Crippen LogP contribution in [0, 0.1) is 11.8 Å².